The first-order valence-corrected chi connectivity index (χ1v) is 43.4. The number of nitrogen functional groups attached to an aromatic ring is 5. The molecule has 20 rings (SSSR count). The molecule has 0 spiro atoms. The Morgan fingerprint density at radius 2 is 0.790 bits per heavy atom. The third-order valence-electron chi connectivity index (χ3n) is 22.2. The summed E-state index contributed by atoms with van der Waals surface area (Å²) in [5.74, 6) is 4.68. The van der Waals surface area contributed by atoms with E-state index in [0.29, 0.717) is 75.8 Å². The van der Waals surface area contributed by atoms with Crippen molar-refractivity contribution >= 4 is 143 Å². The lowest BCUT2D eigenvalue weighted by Crippen LogP contribution is -2.29. The van der Waals surface area contributed by atoms with E-state index in [2.05, 4.69) is 147 Å². The second kappa shape index (κ2) is 36.7. The molecule has 17 N–H and O–H groups in total. The van der Waals surface area contributed by atoms with E-state index in [0.717, 1.165) is 259 Å². The minimum atomic E-state index is -0.465. The Kier molecular flexibility index (Phi) is 25.3. The molecule has 5 unspecified atom stereocenters. The van der Waals surface area contributed by atoms with Crippen molar-refractivity contribution in [2.75, 3.05) is 101 Å². The molecule has 5 saturated heterocycles. The molecule has 5 fully saturated rings. The third-order valence-corrected chi connectivity index (χ3v) is 26.3. The van der Waals surface area contributed by atoms with Crippen molar-refractivity contribution in [3.63, 3.8) is 0 Å². The van der Waals surface area contributed by atoms with Crippen LogP contribution in [0, 0.1) is 0 Å². The number of nitrogens with two attached hydrogens (primary N) is 6. The molecule has 5 aliphatic rings. The molecule has 1 amide bonds. The maximum absolute atomic E-state index is 11.5. The maximum atomic E-state index is 11.5. The van der Waals surface area contributed by atoms with E-state index in [1.807, 2.05) is 62.0 Å². The maximum Gasteiger partial charge on any atom is 0.248 e. The molecule has 0 saturated carbocycles. The van der Waals surface area contributed by atoms with E-state index in [9.17, 15) is 4.79 Å². The summed E-state index contributed by atoms with van der Waals surface area (Å²) in [6.07, 6.45) is 32.5. The summed E-state index contributed by atoms with van der Waals surface area (Å²) in [5, 5.41) is 43.3. The van der Waals surface area contributed by atoms with Crippen LogP contribution in [-0.4, -0.2) is 171 Å². The van der Waals surface area contributed by atoms with Crippen LogP contribution in [0.3, 0.4) is 0 Å². The summed E-state index contributed by atoms with van der Waals surface area (Å²) < 4.78 is 24.6. The second-order valence-electron chi connectivity index (χ2n) is 29.9. The average molecular weight is 1930 g/mol. The number of benzene rings is 1. The summed E-state index contributed by atoms with van der Waals surface area (Å²) in [6.45, 7) is 9.87. The van der Waals surface area contributed by atoms with Crippen LogP contribution in [0.4, 0.5) is 29.1 Å². The fourth-order valence-corrected chi connectivity index (χ4v) is 18.8. The summed E-state index contributed by atoms with van der Waals surface area (Å²) in [4.78, 5) is 44.4. The number of pyridine rings is 2. The van der Waals surface area contributed by atoms with Gasteiger partial charge in [-0.1, -0.05) is 18.2 Å². The van der Waals surface area contributed by atoms with Crippen LogP contribution in [0.25, 0.3) is 83.9 Å². The number of aryl methyl sites for hydroxylation is 1. The van der Waals surface area contributed by atoms with Gasteiger partial charge in [-0.15, -0.1) is 0 Å². The number of amides is 1. The van der Waals surface area contributed by atoms with Gasteiger partial charge in [0, 0.05) is 156 Å². The number of ether oxygens (including phenoxy) is 1. The molecule has 14 aromatic heterocycles. The van der Waals surface area contributed by atoms with Crippen LogP contribution in [-0.2, 0) is 7.05 Å². The molecule has 1 aromatic carbocycles. The molecule has 0 bridgehead atoms. The Hall–Kier alpha value is -10.4. The predicted octanol–water partition coefficient (Wildman–Crippen LogP) is 12.3. The lowest BCUT2D eigenvalue weighted by Gasteiger charge is -2.23. The van der Waals surface area contributed by atoms with Gasteiger partial charge in [-0.25, -0.2) is 29.9 Å². The van der Waals surface area contributed by atoms with Crippen molar-refractivity contribution < 1.29 is 13.9 Å². The predicted molar refractivity (Wildman–Crippen MR) is 477 cm³/mol. The number of hydrogen-bond acceptors (Lipinski definition) is 26. The number of fused-ring (bicyclic) bond motifs is 5. The first-order valence-electron chi connectivity index (χ1n) is 39.4. The van der Waals surface area contributed by atoms with Crippen molar-refractivity contribution in [2.24, 2.45) is 12.8 Å². The van der Waals surface area contributed by atoms with Crippen molar-refractivity contribution in [3.05, 3.63) is 185 Å². The molecule has 33 nitrogen and oxygen atoms in total. The highest BCUT2D eigenvalue weighted by Crippen LogP contribution is 2.42. The second-order valence-corrected chi connectivity index (χ2v) is 33.8. The highest BCUT2D eigenvalue weighted by Gasteiger charge is 2.31. The number of furan rings is 1. The molecular weight excluding hydrogens is 1840 g/mol. The number of rotatable bonds is 12. The Morgan fingerprint density at radius 1 is 0.429 bits per heavy atom. The van der Waals surface area contributed by atoms with E-state index in [1.165, 1.54) is 0 Å². The van der Waals surface area contributed by atoms with Crippen LogP contribution < -0.4 is 65.7 Å². The standard InChI is InChI=1S/C18H19BrN6O.C17H19BrN6O.C16H17BrN6.C15H18BrN7.C15H16BrN5O/c19-14-15(12-5-2-6-22-8-12)24-18-13(9-23-25(18)16(14)20)10-3-1-4-11(7-10)17(21)26;1-25-13-5-4-10(8-21-13)12-9-22-24-16(19)14(18)15(23-17(12)24)11-3-2-6-20-7-11;17-13-14(11-4-2-6-20-8-11)22-16-12(9-21-23(16)15(13)18)10-3-1-5-19-7-10;1-22-8-10(6-19-22)11-7-20-23-14(17)12(16)13(21-15(11)23)9-3-2-4-18-5-9;16-12-13(9-2-1-4-18-6-9)20-15-11(10-3-5-22-8-10)7-19-21(15)14(12)17/h1,3-4,7,9,12,22H,2,5-6,8,20H2,(H2,21,26);4-5,8-9,11,20H,2-3,6-7,19H2,1H3;1,3,5,7,9,11,20H,2,4,6,8,18H2;6-9,18H,2-5,17H2,1H3;3,5,7-9,18H,1-2,4,6,17H2. The number of anilines is 5. The molecule has 15 aromatic rings. The van der Waals surface area contributed by atoms with Crippen LogP contribution in [0.1, 0.15) is 133 Å². The monoisotopic (exact) mass is 1920 g/mol. The Balaban J connectivity index is 0.000000111. The quantitative estimate of drug-likeness (QED) is 0.0541. The highest BCUT2D eigenvalue weighted by molar-refractivity contribution is 9.11. The van der Waals surface area contributed by atoms with Gasteiger partial charge in [-0.05, 0) is 212 Å². The minimum Gasteiger partial charge on any atom is -0.481 e. The number of nitrogens with one attached hydrogen (secondary N) is 5. The topological polar surface area (TPSA) is 450 Å². The van der Waals surface area contributed by atoms with Crippen molar-refractivity contribution in [1.29, 1.82) is 0 Å². The molecule has 38 heteroatoms. The third kappa shape index (κ3) is 17.1. The zero-order valence-corrected chi connectivity index (χ0v) is 73.2. The van der Waals surface area contributed by atoms with Gasteiger partial charge in [-0.3, -0.25) is 14.5 Å². The Bertz CT molecular complexity index is 6120. The van der Waals surface area contributed by atoms with Crippen LogP contribution in [0.2, 0.25) is 0 Å². The van der Waals surface area contributed by atoms with E-state index in [1.54, 1.807) is 108 Å². The lowest BCUT2D eigenvalue weighted by molar-refractivity contribution is 0.1000. The fourth-order valence-electron chi connectivity index (χ4n) is 15.9. The van der Waals surface area contributed by atoms with Gasteiger partial charge in [0.15, 0.2) is 28.2 Å². The van der Waals surface area contributed by atoms with Gasteiger partial charge in [0.05, 0.1) is 108 Å². The normalized spacial score (nSPS) is 18.2. The van der Waals surface area contributed by atoms with Gasteiger partial charge in [0.2, 0.25) is 11.8 Å². The van der Waals surface area contributed by atoms with Gasteiger partial charge < -0.3 is 70.1 Å². The van der Waals surface area contributed by atoms with Gasteiger partial charge in [-0.2, -0.15) is 53.2 Å². The number of carbonyl (C=O) groups is 1. The molecule has 5 aliphatic heterocycles. The molecule has 119 heavy (non-hydrogen) atoms. The van der Waals surface area contributed by atoms with E-state index >= 15 is 0 Å². The average Bonchev–Trinajstić information content (AvgIpc) is 1.64. The largest absolute Gasteiger partial charge is 0.481 e. The number of piperidine rings is 5. The Morgan fingerprint density at radius 3 is 1.09 bits per heavy atom. The first-order chi connectivity index (χ1) is 57.9. The van der Waals surface area contributed by atoms with E-state index in [-0.39, 0.29) is 0 Å². The summed E-state index contributed by atoms with van der Waals surface area (Å²) in [7, 11) is 3.49. The first kappa shape index (κ1) is 82.3. The van der Waals surface area contributed by atoms with Gasteiger partial charge in [0.1, 0.15) is 29.1 Å². The number of primary amides is 1. The number of hydrogen-bond donors (Lipinski definition) is 11. The van der Waals surface area contributed by atoms with E-state index < -0.39 is 5.91 Å². The van der Waals surface area contributed by atoms with Crippen molar-refractivity contribution in [2.45, 2.75) is 93.8 Å². The molecule has 5 atom stereocenters. The SMILES string of the molecule is COc1ccc(-c2cnn3c(N)c(Br)c(C4CCCNC4)nc23)cn1.Cn1cc(-c2cnn3c(N)c(Br)c(C4CCCNC4)nc23)cn1.NC(=O)c1cccc(-c2cnn3c(N)c(Br)c(C4CCCNC4)nc23)c1.Nc1c(Br)c(C2CCCNC2)nc2c(-c3cccnc3)cnn12.Nc1c(Br)c(C2CCCNC2)nc2c(-c3ccoc3)cnn12. The highest BCUT2D eigenvalue weighted by atomic mass is 79.9. The smallest absolute Gasteiger partial charge is 0.248 e. The fraction of sp³-hybridized carbons (Fsp3) is 0.333. The number of aromatic nitrogens is 19. The summed E-state index contributed by atoms with van der Waals surface area (Å²) in [6, 6.07) is 16.7. The van der Waals surface area contributed by atoms with Crippen LogP contribution in [0.15, 0.2) is 156 Å². The number of halogens is 5. The zero-order chi connectivity index (χ0) is 82.5. The lowest BCUT2D eigenvalue weighted by atomic mass is 9.95. The number of methoxy groups -OCH3 is 1. The number of carbonyl (C=O) groups excluding carboxylic acids is 1. The van der Waals surface area contributed by atoms with Gasteiger partial charge >= 0.3 is 0 Å². The van der Waals surface area contributed by atoms with Crippen LogP contribution >= 0.6 is 79.6 Å². The molecule has 0 aliphatic carbocycles. The summed E-state index contributed by atoms with van der Waals surface area (Å²) in [5.41, 5.74) is 55.3. The molecule has 19 heterocycles. The van der Waals surface area contributed by atoms with Crippen molar-refractivity contribution in [3.8, 4) is 61.5 Å². The van der Waals surface area contributed by atoms with Crippen LogP contribution in [0.5, 0.6) is 5.88 Å². The number of nitrogens with zero attached hydrogens (tertiary/aromatic N) is 19. The summed E-state index contributed by atoms with van der Waals surface area (Å²) >= 11 is 18.0. The molecule has 0 radical (unpaired) electrons. The van der Waals surface area contributed by atoms with E-state index in [4.69, 9.17) is 68.5 Å². The minimum absolute atomic E-state index is 0.296. The van der Waals surface area contributed by atoms with Gasteiger partial charge in [0.25, 0.3) is 0 Å². The molecule has 616 valence electrons. The van der Waals surface area contributed by atoms with Crippen molar-refractivity contribution in [1.82, 2.24) is 119 Å². The molecular formula is C81H89Br5N30O3. The Labute approximate surface area is 725 Å². The zero-order valence-electron chi connectivity index (χ0n) is 65.2.